The van der Waals surface area contributed by atoms with Gasteiger partial charge in [0.2, 0.25) is 0 Å². The summed E-state index contributed by atoms with van der Waals surface area (Å²) in [6.45, 7) is 2.56. The number of benzene rings is 1. The van der Waals surface area contributed by atoms with Crippen molar-refractivity contribution in [3.05, 3.63) is 70.5 Å². The van der Waals surface area contributed by atoms with Gasteiger partial charge < -0.3 is 4.74 Å². The third-order valence-corrected chi connectivity index (χ3v) is 5.29. The number of rotatable bonds is 3. The summed E-state index contributed by atoms with van der Waals surface area (Å²) < 4.78 is 6.74. The molecule has 2 aliphatic rings. The van der Waals surface area contributed by atoms with E-state index in [1.165, 1.54) is 16.7 Å². The predicted molar refractivity (Wildman–Crippen MR) is 94.9 cm³/mol. The molecule has 2 bridgehead atoms. The Bertz CT molecular complexity index is 716. The predicted octanol–water partition coefficient (Wildman–Crippen LogP) is 3.90. The van der Waals surface area contributed by atoms with E-state index in [1.807, 2.05) is 12.3 Å². The number of pyridine rings is 1. The normalized spacial score (nSPS) is 24.3. The Morgan fingerprint density at radius 1 is 1.13 bits per heavy atom. The van der Waals surface area contributed by atoms with Crippen molar-refractivity contribution in [1.82, 2.24) is 9.88 Å². The molecule has 4 heteroatoms. The Kier molecular flexibility index (Phi) is 4.29. The highest BCUT2D eigenvalue weighted by atomic mass is 79.9. The standard InChI is InChI=1S/C19H19BrN2O/c20-19-18(7-4-8-21-19)15-9-16-12-23-13-17(10-15)22(16)11-14-5-2-1-3-6-14/h1-9,16-17H,10-13H2. The van der Waals surface area contributed by atoms with E-state index in [2.05, 4.69) is 68.3 Å². The van der Waals surface area contributed by atoms with E-state index in [1.54, 1.807) is 0 Å². The molecule has 118 valence electrons. The van der Waals surface area contributed by atoms with Crippen LogP contribution in [0.4, 0.5) is 0 Å². The SMILES string of the molecule is Brc1ncccc1C1=CC2COCC(C1)N2Cc1ccccc1. The first-order valence-corrected chi connectivity index (χ1v) is 8.79. The minimum atomic E-state index is 0.338. The quantitative estimate of drug-likeness (QED) is 0.766. The zero-order valence-corrected chi connectivity index (χ0v) is 14.4. The van der Waals surface area contributed by atoms with Crippen molar-refractivity contribution >= 4 is 21.5 Å². The number of nitrogens with zero attached hydrogens (tertiary/aromatic N) is 2. The summed E-state index contributed by atoms with van der Waals surface area (Å²) in [5.74, 6) is 0. The molecule has 23 heavy (non-hydrogen) atoms. The molecular formula is C19H19BrN2O. The fourth-order valence-corrected chi connectivity index (χ4v) is 4.03. The summed E-state index contributed by atoms with van der Waals surface area (Å²) in [6, 6.07) is 15.6. The highest BCUT2D eigenvalue weighted by molar-refractivity contribution is 9.10. The first-order valence-electron chi connectivity index (χ1n) is 8.00. The van der Waals surface area contributed by atoms with Gasteiger partial charge in [0.1, 0.15) is 4.60 Å². The van der Waals surface area contributed by atoms with E-state index in [0.717, 1.165) is 30.8 Å². The van der Waals surface area contributed by atoms with Gasteiger partial charge in [-0.3, -0.25) is 4.90 Å². The first-order chi connectivity index (χ1) is 11.3. The van der Waals surface area contributed by atoms with E-state index in [9.17, 15) is 0 Å². The molecular weight excluding hydrogens is 352 g/mol. The van der Waals surface area contributed by atoms with Crippen molar-refractivity contribution in [3.8, 4) is 0 Å². The second kappa shape index (κ2) is 6.56. The van der Waals surface area contributed by atoms with Gasteiger partial charge in [0.25, 0.3) is 0 Å². The van der Waals surface area contributed by atoms with E-state index in [-0.39, 0.29) is 0 Å². The molecule has 0 radical (unpaired) electrons. The van der Waals surface area contributed by atoms with Gasteiger partial charge in [0.15, 0.2) is 0 Å². The zero-order valence-electron chi connectivity index (χ0n) is 12.9. The molecule has 0 saturated carbocycles. The van der Waals surface area contributed by atoms with Crippen LogP contribution < -0.4 is 0 Å². The van der Waals surface area contributed by atoms with Crippen LogP contribution in [0.25, 0.3) is 5.57 Å². The molecule has 0 N–H and O–H groups in total. The van der Waals surface area contributed by atoms with E-state index >= 15 is 0 Å². The van der Waals surface area contributed by atoms with Crippen molar-refractivity contribution in [2.24, 2.45) is 0 Å². The lowest BCUT2D eigenvalue weighted by molar-refractivity contribution is -0.0402. The van der Waals surface area contributed by atoms with Crippen LogP contribution in [0, 0.1) is 0 Å². The summed E-state index contributed by atoms with van der Waals surface area (Å²) in [6.07, 6.45) is 5.19. The second-order valence-corrected chi connectivity index (χ2v) is 6.91. The fourth-order valence-electron chi connectivity index (χ4n) is 3.53. The van der Waals surface area contributed by atoms with Gasteiger partial charge in [0.05, 0.1) is 19.3 Å². The number of aromatic nitrogens is 1. The maximum absolute atomic E-state index is 5.81. The molecule has 1 aromatic heterocycles. The van der Waals surface area contributed by atoms with Crippen LogP contribution in [0.2, 0.25) is 0 Å². The maximum Gasteiger partial charge on any atom is 0.113 e. The molecule has 0 aliphatic carbocycles. The van der Waals surface area contributed by atoms with Gasteiger partial charge in [-0.05, 0) is 39.6 Å². The summed E-state index contributed by atoms with van der Waals surface area (Å²) >= 11 is 3.58. The number of hydrogen-bond donors (Lipinski definition) is 0. The van der Waals surface area contributed by atoms with Gasteiger partial charge in [-0.25, -0.2) is 4.98 Å². The molecule has 2 unspecified atom stereocenters. The third-order valence-electron chi connectivity index (χ3n) is 4.66. The Labute approximate surface area is 145 Å². The molecule has 2 atom stereocenters. The monoisotopic (exact) mass is 370 g/mol. The van der Waals surface area contributed by atoms with E-state index in [0.29, 0.717) is 12.1 Å². The second-order valence-electron chi connectivity index (χ2n) is 6.15. The van der Waals surface area contributed by atoms with Crippen LogP contribution in [-0.4, -0.2) is 35.2 Å². The smallest absolute Gasteiger partial charge is 0.113 e. The van der Waals surface area contributed by atoms with Crippen LogP contribution in [0.3, 0.4) is 0 Å². The summed E-state index contributed by atoms with van der Waals surface area (Å²) in [7, 11) is 0. The van der Waals surface area contributed by atoms with Gasteiger partial charge in [-0.15, -0.1) is 0 Å². The van der Waals surface area contributed by atoms with Crippen molar-refractivity contribution in [3.63, 3.8) is 0 Å². The minimum Gasteiger partial charge on any atom is -0.378 e. The number of ether oxygens (including phenoxy) is 1. The van der Waals surface area contributed by atoms with Crippen molar-refractivity contribution in [2.45, 2.75) is 25.0 Å². The highest BCUT2D eigenvalue weighted by Gasteiger charge is 2.35. The average molecular weight is 371 g/mol. The number of halogens is 1. The molecule has 0 amide bonds. The fraction of sp³-hybridized carbons (Fsp3) is 0.316. The van der Waals surface area contributed by atoms with Crippen LogP contribution >= 0.6 is 15.9 Å². The van der Waals surface area contributed by atoms with Gasteiger partial charge >= 0.3 is 0 Å². The lowest BCUT2D eigenvalue weighted by Gasteiger charge is -2.44. The Balaban J connectivity index is 1.62. The van der Waals surface area contributed by atoms with Crippen LogP contribution in [0.15, 0.2) is 59.3 Å². The Hall–Kier alpha value is -1.49. The van der Waals surface area contributed by atoms with Crippen molar-refractivity contribution in [2.75, 3.05) is 13.2 Å². The Morgan fingerprint density at radius 3 is 2.78 bits per heavy atom. The molecule has 3 nitrogen and oxygen atoms in total. The lowest BCUT2D eigenvalue weighted by Crippen LogP contribution is -2.53. The minimum absolute atomic E-state index is 0.338. The lowest BCUT2D eigenvalue weighted by atomic mass is 9.90. The molecule has 2 aliphatic heterocycles. The van der Waals surface area contributed by atoms with Gasteiger partial charge in [-0.1, -0.05) is 42.5 Å². The van der Waals surface area contributed by atoms with Crippen LogP contribution in [0.1, 0.15) is 17.5 Å². The number of hydrogen-bond acceptors (Lipinski definition) is 3. The van der Waals surface area contributed by atoms with E-state index < -0.39 is 0 Å². The molecule has 0 spiro atoms. The van der Waals surface area contributed by atoms with Crippen molar-refractivity contribution in [1.29, 1.82) is 0 Å². The molecule has 4 rings (SSSR count). The number of fused-ring (bicyclic) bond motifs is 2. The largest absolute Gasteiger partial charge is 0.378 e. The third kappa shape index (κ3) is 3.11. The molecule has 3 heterocycles. The zero-order chi connectivity index (χ0) is 15.6. The molecule has 2 aromatic rings. The first kappa shape index (κ1) is 15.1. The highest BCUT2D eigenvalue weighted by Crippen LogP contribution is 2.35. The van der Waals surface area contributed by atoms with E-state index in [4.69, 9.17) is 4.74 Å². The number of morpholine rings is 1. The summed E-state index contributed by atoms with van der Waals surface area (Å²) in [5, 5.41) is 0. The average Bonchev–Trinajstić information content (AvgIpc) is 2.56. The topological polar surface area (TPSA) is 25.4 Å². The molecule has 1 aromatic carbocycles. The van der Waals surface area contributed by atoms with Crippen LogP contribution in [0.5, 0.6) is 0 Å². The van der Waals surface area contributed by atoms with Crippen LogP contribution in [-0.2, 0) is 11.3 Å². The summed E-state index contributed by atoms with van der Waals surface area (Å²) in [5.41, 5.74) is 3.96. The van der Waals surface area contributed by atoms with Gasteiger partial charge in [0, 0.05) is 24.3 Å². The molecule has 1 saturated heterocycles. The van der Waals surface area contributed by atoms with Gasteiger partial charge in [-0.2, -0.15) is 0 Å². The summed E-state index contributed by atoms with van der Waals surface area (Å²) in [4.78, 5) is 6.94. The molecule has 1 fully saturated rings. The van der Waals surface area contributed by atoms with Crippen molar-refractivity contribution < 1.29 is 4.74 Å². The maximum atomic E-state index is 5.81. The Morgan fingerprint density at radius 2 is 2.00 bits per heavy atom.